The predicted octanol–water partition coefficient (Wildman–Crippen LogP) is 5.95. The van der Waals surface area contributed by atoms with Gasteiger partial charge in [0.25, 0.3) is 0 Å². The molecule has 0 aromatic rings. The lowest BCUT2D eigenvalue weighted by atomic mass is 9.89. The first-order chi connectivity index (χ1) is 16.2. The molecule has 0 amide bonds. The number of quaternary nitrogens is 1. The molecule has 0 aliphatic rings. The van der Waals surface area contributed by atoms with E-state index in [1.54, 1.807) is 20.8 Å². The summed E-state index contributed by atoms with van der Waals surface area (Å²) in [6.45, 7) is 1.54. The Labute approximate surface area is 199 Å². The molecule has 0 saturated carbocycles. The van der Waals surface area contributed by atoms with Gasteiger partial charge in [0.2, 0.25) is 0 Å². The van der Waals surface area contributed by atoms with E-state index in [4.69, 9.17) is 0 Å². The fourth-order valence-electron chi connectivity index (χ4n) is 3.14. The summed E-state index contributed by atoms with van der Waals surface area (Å²) in [5.74, 6) is -54.9. The van der Waals surface area contributed by atoms with Gasteiger partial charge < -0.3 is 14.3 Å². The SMILES string of the molecule is CC[N+](CC)(CC)CC(O)COCC(F)(F)C(F)(F)C(F)(F)C(F)(F)C(F)(F)C(F)(F)C(F)(F)C(F)F. The second kappa shape index (κ2) is 11.1. The van der Waals surface area contributed by atoms with E-state index in [0.717, 1.165) is 0 Å². The maximum absolute atomic E-state index is 13.8. The molecule has 3 nitrogen and oxygen atoms in total. The zero-order valence-electron chi connectivity index (χ0n) is 19.2. The summed E-state index contributed by atoms with van der Waals surface area (Å²) >= 11 is 0. The highest BCUT2D eigenvalue weighted by Gasteiger charge is 2.93. The summed E-state index contributed by atoms with van der Waals surface area (Å²) in [5.41, 5.74) is 0. The lowest BCUT2D eigenvalue weighted by Gasteiger charge is -2.42. The molecular formula is C18H24F16NO2+. The summed E-state index contributed by atoms with van der Waals surface area (Å²) in [6.07, 6.45) is -7.60. The molecule has 0 saturated heterocycles. The van der Waals surface area contributed by atoms with E-state index >= 15 is 0 Å². The number of alkyl halides is 16. The summed E-state index contributed by atoms with van der Waals surface area (Å²) in [6, 6.07) is 0. The number of aliphatic hydroxyl groups excluding tert-OH is 1. The van der Waals surface area contributed by atoms with Gasteiger partial charge in [-0.15, -0.1) is 0 Å². The molecule has 37 heavy (non-hydrogen) atoms. The van der Waals surface area contributed by atoms with Gasteiger partial charge in [0.15, 0.2) is 0 Å². The van der Waals surface area contributed by atoms with Gasteiger partial charge in [-0.05, 0) is 20.8 Å². The van der Waals surface area contributed by atoms with Crippen molar-refractivity contribution < 1.29 is 84.6 Å². The molecule has 0 aliphatic heterocycles. The third-order valence-corrected chi connectivity index (χ3v) is 5.93. The van der Waals surface area contributed by atoms with Crippen LogP contribution in [0.1, 0.15) is 20.8 Å². The predicted molar refractivity (Wildman–Crippen MR) is 94.2 cm³/mol. The maximum Gasteiger partial charge on any atom is 0.384 e. The Morgan fingerprint density at radius 2 is 0.973 bits per heavy atom. The monoisotopic (exact) mass is 590 g/mol. The summed E-state index contributed by atoms with van der Waals surface area (Å²) in [4.78, 5) is 0. The smallest absolute Gasteiger partial charge is 0.384 e. The Morgan fingerprint density at radius 1 is 0.622 bits per heavy atom. The van der Waals surface area contributed by atoms with E-state index in [-0.39, 0.29) is 11.0 Å². The van der Waals surface area contributed by atoms with Crippen molar-refractivity contribution in [2.24, 2.45) is 0 Å². The van der Waals surface area contributed by atoms with E-state index in [1.165, 1.54) is 0 Å². The number of likely N-dealkylation sites (N-methyl/N-ethyl adjacent to an activating group) is 1. The van der Waals surface area contributed by atoms with Gasteiger partial charge in [0, 0.05) is 0 Å². The van der Waals surface area contributed by atoms with Gasteiger partial charge in [-0.2, -0.15) is 61.5 Å². The maximum atomic E-state index is 13.8. The van der Waals surface area contributed by atoms with Crippen LogP contribution >= 0.6 is 0 Å². The Balaban J connectivity index is 6.00. The molecule has 0 heterocycles. The van der Waals surface area contributed by atoms with Crippen LogP contribution in [0.5, 0.6) is 0 Å². The zero-order chi connectivity index (χ0) is 30.1. The largest absolute Gasteiger partial charge is 0.385 e. The fourth-order valence-corrected chi connectivity index (χ4v) is 3.14. The number of halogens is 16. The Bertz CT molecular complexity index is 731. The van der Waals surface area contributed by atoms with Gasteiger partial charge >= 0.3 is 47.9 Å². The van der Waals surface area contributed by atoms with Gasteiger partial charge in [-0.25, -0.2) is 8.78 Å². The third kappa shape index (κ3) is 5.86. The Morgan fingerprint density at radius 3 is 1.32 bits per heavy atom. The highest BCUT2D eigenvalue weighted by atomic mass is 19.4. The molecule has 1 N–H and O–H groups in total. The molecule has 0 rings (SSSR count). The van der Waals surface area contributed by atoms with Gasteiger partial charge in [0.05, 0.1) is 26.2 Å². The second-order valence-corrected chi connectivity index (χ2v) is 8.14. The lowest BCUT2D eigenvalue weighted by Crippen LogP contribution is -2.74. The van der Waals surface area contributed by atoms with Crippen molar-refractivity contribution in [2.75, 3.05) is 39.4 Å². The van der Waals surface area contributed by atoms with Crippen molar-refractivity contribution in [2.45, 2.75) is 74.8 Å². The van der Waals surface area contributed by atoms with Crippen LogP contribution in [-0.4, -0.2) is 103 Å². The number of hydrogen-bond acceptors (Lipinski definition) is 2. The molecule has 0 spiro atoms. The van der Waals surface area contributed by atoms with Crippen LogP contribution in [0, 0.1) is 0 Å². The number of ether oxygens (including phenoxy) is 1. The minimum absolute atomic E-state index is 0.119. The van der Waals surface area contributed by atoms with Crippen molar-refractivity contribution in [3.8, 4) is 0 Å². The first kappa shape index (κ1) is 35.8. The van der Waals surface area contributed by atoms with Crippen LogP contribution in [0.25, 0.3) is 0 Å². The zero-order valence-corrected chi connectivity index (χ0v) is 19.2. The molecule has 224 valence electrons. The average Bonchev–Trinajstić information content (AvgIpc) is 2.76. The number of aliphatic hydroxyl groups is 1. The highest BCUT2D eigenvalue weighted by Crippen LogP contribution is 2.62. The summed E-state index contributed by atoms with van der Waals surface area (Å²) in [5, 5.41) is 9.83. The van der Waals surface area contributed by atoms with Gasteiger partial charge in [0.1, 0.15) is 19.3 Å². The van der Waals surface area contributed by atoms with Crippen molar-refractivity contribution in [3.63, 3.8) is 0 Å². The summed E-state index contributed by atoms with van der Waals surface area (Å²) < 4.78 is 217. The number of nitrogens with zero attached hydrogens (tertiary/aromatic N) is 1. The molecule has 0 aromatic heterocycles. The highest BCUT2D eigenvalue weighted by molar-refractivity contribution is 5.14. The second-order valence-electron chi connectivity index (χ2n) is 8.14. The molecular weight excluding hydrogens is 566 g/mol. The third-order valence-electron chi connectivity index (χ3n) is 5.93. The Hall–Kier alpha value is -1.24. The van der Waals surface area contributed by atoms with E-state index in [0.29, 0.717) is 19.6 Å². The van der Waals surface area contributed by atoms with Crippen LogP contribution in [0.4, 0.5) is 70.2 Å². The molecule has 0 radical (unpaired) electrons. The fraction of sp³-hybridized carbons (Fsp3) is 1.00. The molecule has 1 unspecified atom stereocenters. The lowest BCUT2D eigenvalue weighted by molar-refractivity contribution is -0.926. The van der Waals surface area contributed by atoms with E-state index in [2.05, 4.69) is 4.74 Å². The van der Waals surface area contributed by atoms with Gasteiger partial charge in [-0.3, -0.25) is 0 Å². The van der Waals surface area contributed by atoms with Crippen LogP contribution in [0.3, 0.4) is 0 Å². The normalized spacial score (nSPS) is 16.5. The van der Waals surface area contributed by atoms with E-state index < -0.39 is 67.2 Å². The van der Waals surface area contributed by atoms with Crippen molar-refractivity contribution in [1.29, 1.82) is 0 Å². The molecule has 0 fully saturated rings. The topological polar surface area (TPSA) is 29.5 Å². The van der Waals surface area contributed by atoms with Crippen LogP contribution < -0.4 is 0 Å². The molecule has 0 bridgehead atoms. The first-order valence-corrected chi connectivity index (χ1v) is 10.3. The quantitative estimate of drug-likeness (QED) is 0.178. The first-order valence-electron chi connectivity index (χ1n) is 10.3. The summed E-state index contributed by atoms with van der Waals surface area (Å²) in [7, 11) is 0. The number of rotatable bonds is 16. The minimum atomic E-state index is -8.44. The van der Waals surface area contributed by atoms with Crippen LogP contribution in [0.2, 0.25) is 0 Å². The van der Waals surface area contributed by atoms with E-state index in [9.17, 15) is 75.4 Å². The van der Waals surface area contributed by atoms with Crippen molar-refractivity contribution in [1.82, 2.24) is 0 Å². The molecule has 19 heteroatoms. The Kier molecular flexibility index (Phi) is 10.7. The minimum Gasteiger partial charge on any atom is -0.385 e. The van der Waals surface area contributed by atoms with Crippen LogP contribution in [-0.2, 0) is 4.74 Å². The van der Waals surface area contributed by atoms with Crippen LogP contribution in [0.15, 0.2) is 0 Å². The average molecular weight is 590 g/mol. The van der Waals surface area contributed by atoms with Crippen molar-refractivity contribution in [3.05, 3.63) is 0 Å². The molecule has 0 aliphatic carbocycles. The van der Waals surface area contributed by atoms with E-state index in [1.807, 2.05) is 0 Å². The van der Waals surface area contributed by atoms with Crippen molar-refractivity contribution >= 4 is 0 Å². The molecule has 1 atom stereocenters. The molecule has 0 aromatic carbocycles. The standard InChI is InChI=1S/C18H24F16NO2/c1-4-35(5-2,6-3)7-10(36)8-37-9-12(21,22)14(25,26)16(29,30)18(33,34)17(31,32)15(27,28)13(23,24)11(19)20/h10-11,36H,4-9H2,1-3H3/q+1. The van der Waals surface area contributed by atoms with Gasteiger partial charge in [-0.1, -0.05) is 0 Å². The number of hydrogen-bond donors (Lipinski definition) is 1.